The molecule has 352 valence electrons. The average Bonchev–Trinajstić information content (AvgIpc) is 3.19. The number of nitrogens with two attached hydrogens (primary N) is 2. The van der Waals surface area contributed by atoms with E-state index in [4.69, 9.17) is 30.4 Å². The standard InChI is InChI=1S/C58H86N2O4/c1-15-23-61-51-39-27-43-35-49(57(9,10)11)37-45(53(43)63-25-19-17-21-59)29-41-33-48(56(6,7)8)34-42(52(41)62-24-16-2)30-46-38-50(58(12,13)14)36-44(54(46)64-26-20-18-22-60)28-40(51)32-47(31-39)55(3,4)5/h31-38H,15-30,59-60H2,1-14H3. The molecule has 64 heavy (non-hydrogen) atoms. The molecule has 4 aromatic rings. The molecule has 0 atom stereocenters. The molecule has 0 fully saturated rings. The fourth-order valence-electron chi connectivity index (χ4n) is 8.61. The van der Waals surface area contributed by atoms with Gasteiger partial charge in [0, 0.05) is 25.7 Å². The number of hydrogen-bond acceptors (Lipinski definition) is 6. The first-order valence-electron chi connectivity index (χ1n) is 24.6. The molecule has 0 aliphatic heterocycles. The van der Waals surface area contributed by atoms with Gasteiger partial charge in [0.15, 0.2) is 0 Å². The summed E-state index contributed by atoms with van der Waals surface area (Å²) in [5, 5.41) is 0. The lowest BCUT2D eigenvalue weighted by Crippen LogP contribution is -2.18. The predicted molar refractivity (Wildman–Crippen MR) is 271 cm³/mol. The zero-order chi connectivity index (χ0) is 47.0. The van der Waals surface area contributed by atoms with E-state index in [1.54, 1.807) is 0 Å². The summed E-state index contributed by atoms with van der Waals surface area (Å²) in [5.74, 6) is 3.90. The van der Waals surface area contributed by atoms with Crippen molar-refractivity contribution in [3.05, 3.63) is 115 Å². The van der Waals surface area contributed by atoms with Gasteiger partial charge in [0.1, 0.15) is 23.0 Å². The molecule has 0 spiro atoms. The Hall–Kier alpha value is -4.00. The molecule has 0 aromatic heterocycles. The molecule has 6 nitrogen and oxygen atoms in total. The van der Waals surface area contributed by atoms with Crippen LogP contribution in [0.25, 0.3) is 0 Å². The maximum absolute atomic E-state index is 7.05. The van der Waals surface area contributed by atoms with E-state index in [1.807, 2.05) is 0 Å². The van der Waals surface area contributed by atoms with Crippen molar-refractivity contribution in [1.82, 2.24) is 0 Å². The van der Waals surface area contributed by atoms with E-state index < -0.39 is 0 Å². The van der Waals surface area contributed by atoms with Crippen LogP contribution in [0.1, 0.15) is 202 Å². The van der Waals surface area contributed by atoms with Gasteiger partial charge in [-0.25, -0.2) is 0 Å². The van der Waals surface area contributed by atoms with Gasteiger partial charge >= 0.3 is 0 Å². The predicted octanol–water partition coefficient (Wildman–Crippen LogP) is 13.4. The summed E-state index contributed by atoms with van der Waals surface area (Å²) < 4.78 is 28.1. The highest BCUT2D eigenvalue weighted by molar-refractivity contribution is 5.60. The lowest BCUT2D eigenvalue weighted by molar-refractivity contribution is 0.298. The SMILES string of the molecule is CCCOc1c2cc(C(C)(C)C)cc1Cc1cc(C(C)(C)C)cc(c1OCCCCN)Cc1cc(C(C)(C)C)cc(c1OCCC)Cc1cc(C(C)(C)C)cc(c1OCCCCN)C2. The first-order valence-corrected chi connectivity index (χ1v) is 24.6. The maximum Gasteiger partial charge on any atom is 0.126 e. The van der Waals surface area contributed by atoms with E-state index in [0.29, 0.717) is 65.2 Å². The van der Waals surface area contributed by atoms with E-state index in [9.17, 15) is 0 Å². The Kier molecular flexibility index (Phi) is 17.2. The molecular formula is C58H86N2O4. The van der Waals surface area contributed by atoms with Gasteiger partial charge in [0.25, 0.3) is 0 Å². The fourth-order valence-corrected chi connectivity index (χ4v) is 8.61. The van der Waals surface area contributed by atoms with Crippen molar-refractivity contribution in [3.63, 3.8) is 0 Å². The smallest absolute Gasteiger partial charge is 0.126 e. The Morgan fingerprint density at radius 2 is 0.547 bits per heavy atom. The Bertz CT molecular complexity index is 1920. The van der Waals surface area contributed by atoms with Crippen LogP contribution in [0.2, 0.25) is 0 Å². The number of ether oxygens (including phenoxy) is 4. The third-order valence-corrected chi connectivity index (χ3v) is 12.5. The monoisotopic (exact) mass is 875 g/mol. The molecule has 1 aliphatic rings. The van der Waals surface area contributed by atoms with Gasteiger partial charge in [-0.2, -0.15) is 0 Å². The van der Waals surface area contributed by atoms with Gasteiger partial charge in [-0.05, 0) is 140 Å². The quantitative estimate of drug-likeness (QED) is 0.0960. The van der Waals surface area contributed by atoms with Gasteiger partial charge in [-0.3, -0.25) is 0 Å². The van der Waals surface area contributed by atoms with Gasteiger partial charge in [0.2, 0.25) is 0 Å². The van der Waals surface area contributed by atoms with Crippen LogP contribution in [0.5, 0.6) is 23.0 Å². The van der Waals surface area contributed by atoms with E-state index in [-0.39, 0.29) is 21.7 Å². The second-order valence-corrected chi connectivity index (χ2v) is 22.6. The molecule has 4 aromatic carbocycles. The average molecular weight is 875 g/mol. The second kappa shape index (κ2) is 21.5. The van der Waals surface area contributed by atoms with E-state index in [0.717, 1.165) is 61.5 Å². The lowest BCUT2D eigenvalue weighted by atomic mass is 9.79. The first kappa shape index (κ1) is 51.0. The third kappa shape index (κ3) is 13.1. The van der Waals surface area contributed by atoms with Crippen molar-refractivity contribution >= 4 is 0 Å². The van der Waals surface area contributed by atoms with Crippen LogP contribution in [0.3, 0.4) is 0 Å². The minimum atomic E-state index is -0.101. The molecule has 8 bridgehead atoms. The van der Waals surface area contributed by atoms with Crippen molar-refractivity contribution in [2.45, 2.75) is 183 Å². The van der Waals surface area contributed by atoms with Crippen LogP contribution in [0.4, 0.5) is 0 Å². The van der Waals surface area contributed by atoms with E-state index in [1.165, 1.54) is 66.8 Å². The summed E-state index contributed by atoms with van der Waals surface area (Å²) in [7, 11) is 0. The zero-order valence-corrected chi connectivity index (χ0v) is 42.7. The number of unbranched alkanes of at least 4 members (excludes halogenated alkanes) is 2. The topological polar surface area (TPSA) is 89.0 Å². The minimum absolute atomic E-state index is 0.101. The molecule has 0 heterocycles. The molecule has 0 amide bonds. The van der Waals surface area contributed by atoms with Crippen LogP contribution in [0, 0.1) is 0 Å². The molecule has 1 aliphatic carbocycles. The van der Waals surface area contributed by atoms with Crippen LogP contribution in [-0.4, -0.2) is 39.5 Å². The lowest BCUT2D eigenvalue weighted by Gasteiger charge is -2.29. The number of fused-ring (bicyclic) bond motifs is 8. The summed E-state index contributed by atoms with van der Waals surface area (Å²) in [6.45, 7) is 36.0. The van der Waals surface area contributed by atoms with Crippen LogP contribution in [0.15, 0.2) is 48.5 Å². The number of rotatable bonds is 16. The Morgan fingerprint density at radius 1 is 0.344 bits per heavy atom. The Balaban J connectivity index is 2.00. The Labute approximate surface area is 389 Å². The van der Waals surface area contributed by atoms with Crippen molar-refractivity contribution < 1.29 is 18.9 Å². The van der Waals surface area contributed by atoms with E-state index >= 15 is 0 Å². The van der Waals surface area contributed by atoms with Crippen molar-refractivity contribution in [1.29, 1.82) is 0 Å². The Morgan fingerprint density at radius 3 is 0.719 bits per heavy atom. The van der Waals surface area contributed by atoms with Crippen molar-refractivity contribution in [3.8, 4) is 23.0 Å². The summed E-state index contributed by atoms with van der Waals surface area (Å²) >= 11 is 0. The highest BCUT2D eigenvalue weighted by Crippen LogP contribution is 2.44. The highest BCUT2D eigenvalue weighted by atomic mass is 16.5. The maximum atomic E-state index is 7.05. The largest absolute Gasteiger partial charge is 0.493 e. The molecule has 0 unspecified atom stereocenters. The van der Waals surface area contributed by atoms with Crippen LogP contribution in [-0.2, 0) is 47.3 Å². The molecule has 4 N–H and O–H groups in total. The van der Waals surface area contributed by atoms with Gasteiger partial charge in [0.05, 0.1) is 26.4 Å². The van der Waals surface area contributed by atoms with Gasteiger partial charge < -0.3 is 30.4 Å². The molecule has 0 saturated heterocycles. The fraction of sp³-hybridized carbons (Fsp3) is 0.586. The molecule has 6 heteroatoms. The zero-order valence-electron chi connectivity index (χ0n) is 42.7. The molecule has 0 saturated carbocycles. The van der Waals surface area contributed by atoms with Crippen molar-refractivity contribution in [2.75, 3.05) is 39.5 Å². The normalized spacial score (nSPS) is 13.5. The van der Waals surface area contributed by atoms with Gasteiger partial charge in [-0.1, -0.05) is 145 Å². The first-order chi connectivity index (χ1) is 30.1. The van der Waals surface area contributed by atoms with Crippen molar-refractivity contribution in [2.24, 2.45) is 11.5 Å². The molecular weight excluding hydrogens is 789 g/mol. The third-order valence-electron chi connectivity index (χ3n) is 12.5. The summed E-state index contributed by atoms with van der Waals surface area (Å²) in [5.41, 5.74) is 26.3. The molecule has 5 rings (SSSR count). The summed E-state index contributed by atoms with van der Waals surface area (Å²) in [4.78, 5) is 0. The number of hydrogen-bond donors (Lipinski definition) is 2. The highest BCUT2D eigenvalue weighted by Gasteiger charge is 2.29. The molecule has 0 radical (unpaired) electrons. The van der Waals surface area contributed by atoms with Crippen LogP contribution < -0.4 is 30.4 Å². The number of benzene rings is 4. The summed E-state index contributed by atoms with van der Waals surface area (Å²) in [6.07, 6.45) is 8.11. The van der Waals surface area contributed by atoms with E-state index in [2.05, 4.69) is 145 Å². The van der Waals surface area contributed by atoms with Gasteiger partial charge in [-0.15, -0.1) is 0 Å². The van der Waals surface area contributed by atoms with Crippen LogP contribution >= 0.6 is 0 Å². The second-order valence-electron chi connectivity index (χ2n) is 22.6. The minimum Gasteiger partial charge on any atom is -0.493 e. The summed E-state index contributed by atoms with van der Waals surface area (Å²) in [6, 6.07) is 19.3.